The molecule has 6 heteroatoms. The first kappa shape index (κ1) is 18.9. The molecule has 0 saturated carbocycles. The van der Waals surface area contributed by atoms with E-state index in [1.165, 1.54) is 0 Å². The minimum Gasteiger partial charge on any atom is -0.511 e. The number of aliphatic hydroxyl groups is 1. The SMILES string of the molecule is C=C(O)C(N)CCSCCCc1ccn(-c2ccc(C)cc2Cl)n1. The highest BCUT2D eigenvalue weighted by atomic mass is 35.5. The summed E-state index contributed by atoms with van der Waals surface area (Å²) in [5.41, 5.74) is 8.82. The van der Waals surface area contributed by atoms with Crippen molar-refractivity contribution in [1.29, 1.82) is 0 Å². The molecule has 0 saturated heterocycles. The van der Waals surface area contributed by atoms with E-state index in [1.54, 1.807) is 0 Å². The van der Waals surface area contributed by atoms with Crippen LogP contribution in [0.5, 0.6) is 0 Å². The Morgan fingerprint density at radius 3 is 2.92 bits per heavy atom. The highest BCUT2D eigenvalue weighted by Crippen LogP contribution is 2.21. The molecule has 24 heavy (non-hydrogen) atoms. The molecule has 3 N–H and O–H groups in total. The number of thioether (sulfide) groups is 1. The molecule has 0 aliphatic carbocycles. The molecule has 0 radical (unpaired) electrons. The second-order valence-electron chi connectivity index (χ2n) is 5.81. The molecule has 0 aliphatic heterocycles. The summed E-state index contributed by atoms with van der Waals surface area (Å²) >= 11 is 8.12. The third-order valence-corrected chi connectivity index (χ3v) is 5.12. The summed E-state index contributed by atoms with van der Waals surface area (Å²) in [6.07, 6.45) is 4.69. The van der Waals surface area contributed by atoms with Crippen molar-refractivity contribution in [1.82, 2.24) is 9.78 Å². The van der Waals surface area contributed by atoms with Crippen LogP contribution in [-0.4, -0.2) is 32.4 Å². The molecule has 2 aromatic rings. The molecule has 0 fully saturated rings. The number of halogens is 1. The third-order valence-electron chi connectivity index (χ3n) is 3.72. The van der Waals surface area contributed by atoms with Gasteiger partial charge >= 0.3 is 0 Å². The topological polar surface area (TPSA) is 64.1 Å². The zero-order valence-electron chi connectivity index (χ0n) is 13.9. The lowest BCUT2D eigenvalue weighted by molar-refractivity contribution is 0.367. The quantitative estimate of drug-likeness (QED) is 0.514. The summed E-state index contributed by atoms with van der Waals surface area (Å²) in [6, 6.07) is 7.69. The van der Waals surface area contributed by atoms with Gasteiger partial charge in [-0.05, 0) is 61.5 Å². The van der Waals surface area contributed by atoms with Gasteiger partial charge in [-0.2, -0.15) is 16.9 Å². The average molecular weight is 366 g/mol. The largest absolute Gasteiger partial charge is 0.511 e. The van der Waals surface area contributed by atoms with Crippen LogP contribution in [0.4, 0.5) is 0 Å². The van der Waals surface area contributed by atoms with Gasteiger partial charge in [0.15, 0.2) is 0 Å². The number of hydrogen-bond donors (Lipinski definition) is 2. The zero-order valence-corrected chi connectivity index (χ0v) is 15.5. The van der Waals surface area contributed by atoms with E-state index >= 15 is 0 Å². The monoisotopic (exact) mass is 365 g/mol. The van der Waals surface area contributed by atoms with Crippen molar-refractivity contribution in [2.75, 3.05) is 11.5 Å². The number of hydrogen-bond acceptors (Lipinski definition) is 4. The van der Waals surface area contributed by atoms with E-state index in [0.717, 1.165) is 47.7 Å². The number of nitrogens with two attached hydrogens (primary N) is 1. The zero-order chi connectivity index (χ0) is 17.5. The fraction of sp³-hybridized carbons (Fsp3) is 0.389. The summed E-state index contributed by atoms with van der Waals surface area (Å²) in [6.45, 7) is 5.47. The molecule has 0 amide bonds. The summed E-state index contributed by atoms with van der Waals surface area (Å²) < 4.78 is 1.83. The van der Waals surface area contributed by atoms with Gasteiger partial charge in [0.2, 0.25) is 0 Å². The van der Waals surface area contributed by atoms with Crippen molar-refractivity contribution in [2.24, 2.45) is 5.73 Å². The van der Waals surface area contributed by atoms with Crippen molar-refractivity contribution in [3.63, 3.8) is 0 Å². The molecular formula is C18H24ClN3OS. The lowest BCUT2D eigenvalue weighted by Crippen LogP contribution is -2.22. The molecule has 1 atom stereocenters. The van der Waals surface area contributed by atoms with Crippen molar-refractivity contribution >= 4 is 23.4 Å². The molecule has 0 spiro atoms. The lowest BCUT2D eigenvalue weighted by Gasteiger charge is -2.08. The van der Waals surface area contributed by atoms with Gasteiger partial charge in [-0.3, -0.25) is 0 Å². The average Bonchev–Trinajstić information content (AvgIpc) is 2.98. The number of aliphatic hydroxyl groups excluding tert-OH is 1. The van der Waals surface area contributed by atoms with Gasteiger partial charge in [-0.15, -0.1) is 0 Å². The van der Waals surface area contributed by atoms with Crippen LogP contribution in [0.15, 0.2) is 42.8 Å². The van der Waals surface area contributed by atoms with Gasteiger partial charge in [0.05, 0.1) is 22.4 Å². The van der Waals surface area contributed by atoms with Crippen LogP contribution < -0.4 is 5.73 Å². The first-order valence-corrected chi connectivity index (χ1v) is 9.53. The molecular weight excluding hydrogens is 342 g/mol. The van der Waals surface area contributed by atoms with Gasteiger partial charge in [-0.25, -0.2) is 4.68 Å². The van der Waals surface area contributed by atoms with E-state index in [4.69, 9.17) is 22.4 Å². The predicted octanol–water partition coefficient (Wildman–Crippen LogP) is 4.29. The normalized spacial score (nSPS) is 12.3. The van der Waals surface area contributed by atoms with Crippen molar-refractivity contribution in [3.8, 4) is 5.69 Å². The molecule has 0 bridgehead atoms. The van der Waals surface area contributed by atoms with Crippen LogP contribution in [0, 0.1) is 6.92 Å². The van der Waals surface area contributed by atoms with E-state index in [-0.39, 0.29) is 11.8 Å². The van der Waals surface area contributed by atoms with E-state index in [9.17, 15) is 0 Å². The van der Waals surface area contributed by atoms with Gasteiger partial charge < -0.3 is 10.8 Å². The Morgan fingerprint density at radius 1 is 1.42 bits per heavy atom. The predicted molar refractivity (Wildman–Crippen MR) is 103 cm³/mol. The highest BCUT2D eigenvalue weighted by molar-refractivity contribution is 7.99. The maximum Gasteiger partial charge on any atom is 0.102 e. The Kier molecular flexibility index (Phi) is 7.21. The molecule has 1 heterocycles. The lowest BCUT2D eigenvalue weighted by atomic mass is 10.2. The first-order chi connectivity index (χ1) is 11.5. The number of aromatic nitrogens is 2. The minimum absolute atomic E-state index is 0.0657. The highest BCUT2D eigenvalue weighted by Gasteiger charge is 2.07. The maximum absolute atomic E-state index is 9.15. The van der Waals surface area contributed by atoms with Gasteiger partial charge in [0, 0.05) is 6.20 Å². The van der Waals surface area contributed by atoms with E-state index in [2.05, 4.69) is 11.7 Å². The molecule has 1 aromatic heterocycles. The van der Waals surface area contributed by atoms with Gasteiger partial charge in [0.1, 0.15) is 5.76 Å². The van der Waals surface area contributed by atoms with Crippen LogP contribution in [-0.2, 0) is 6.42 Å². The van der Waals surface area contributed by atoms with Crippen molar-refractivity contribution in [3.05, 3.63) is 59.1 Å². The second-order valence-corrected chi connectivity index (χ2v) is 7.44. The van der Waals surface area contributed by atoms with Crippen molar-refractivity contribution < 1.29 is 5.11 Å². The first-order valence-electron chi connectivity index (χ1n) is 7.99. The molecule has 0 aliphatic rings. The van der Waals surface area contributed by atoms with Crippen LogP contribution in [0.1, 0.15) is 24.1 Å². The Bertz CT molecular complexity index is 687. The Labute approximate surface area is 152 Å². The van der Waals surface area contributed by atoms with Gasteiger partial charge in [0.25, 0.3) is 0 Å². The molecule has 4 nitrogen and oxygen atoms in total. The Morgan fingerprint density at radius 2 is 2.21 bits per heavy atom. The summed E-state index contributed by atoms with van der Waals surface area (Å²) in [7, 11) is 0. The van der Waals surface area contributed by atoms with Crippen LogP contribution in [0.25, 0.3) is 5.69 Å². The fourth-order valence-corrected chi connectivity index (χ4v) is 3.56. The Balaban J connectivity index is 1.75. The smallest absolute Gasteiger partial charge is 0.102 e. The molecule has 1 unspecified atom stereocenters. The van der Waals surface area contributed by atoms with Crippen LogP contribution in [0.3, 0.4) is 0 Å². The maximum atomic E-state index is 9.15. The van der Waals surface area contributed by atoms with Gasteiger partial charge in [-0.1, -0.05) is 24.2 Å². The summed E-state index contributed by atoms with van der Waals surface area (Å²) in [5.74, 6) is 2.03. The summed E-state index contributed by atoms with van der Waals surface area (Å²) in [4.78, 5) is 0. The third kappa shape index (κ3) is 5.58. The fourth-order valence-electron chi connectivity index (χ4n) is 2.26. The van der Waals surface area contributed by atoms with Crippen LogP contribution >= 0.6 is 23.4 Å². The molecule has 2 rings (SSSR count). The second kappa shape index (κ2) is 9.16. The Hall–Kier alpha value is -1.43. The number of rotatable bonds is 9. The van der Waals surface area contributed by atoms with Crippen molar-refractivity contribution in [2.45, 2.75) is 32.2 Å². The molecule has 1 aromatic carbocycles. The minimum atomic E-state index is -0.313. The number of aryl methyl sites for hydroxylation is 2. The van der Waals surface area contributed by atoms with Crippen LogP contribution in [0.2, 0.25) is 5.02 Å². The number of nitrogens with zero attached hydrogens (tertiary/aromatic N) is 2. The van der Waals surface area contributed by atoms with E-state index < -0.39 is 0 Å². The van der Waals surface area contributed by atoms with E-state index in [0.29, 0.717) is 5.02 Å². The number of benzene rings is 1. The standard InChI is InChI=1S/C18H24ClN3OS/c1-13-5-6-18(16(19)12-13)22-9-7-15(21-22)4-3-10-24-11-8-17(20)14(2)23/h5-7,9,12,17,23H,2-4,8,10-11,20H2,1H3. The summed E-state index contributed by atoms with van der Waals surface area (Å²) in [5, 5.41) is 14.5. The molecule has 130 valence electrons. The van der Waals surface area contributed by atoms with E-state index in [1.807, 2.05) is 53.8 Å².